The number of hydrogen-bond donors (Lipinski definition) is 1. The van der Waals surface area contributed by atoms with Crippen molar-refractivity contribution in [3.8, 4) is 0 Å². The molecule has 0 heterocycles. The molecule has 1 N–H and O–H groups in total. The zero-order chi connectivity index (χ0) is 15.7. The van der Waals surface area contributed by atoms with Gasteiger partial charge in [0.2, 0.25) is 10.0 Å². The Hall–Kier alpha value is -0.670. The zero-order valence-electron chi connectivity index (χ0n) is 11.8. The Kier molecular flexibility index (Phi) is 5.56. The summed E-state index contributed by atoms with van der Waals surface area (Å²) in [5, 5.41) is 9.08. The van der Waals surface area contributed by atoms with E-state index in [-0.39, 0.29) is 22.4 Å². The van der Waals surface area contributed by atoms with Crippen molar-refractivity contribution >= 4 is 38.6 Å². The summed E-state index contributed by atoms with van der Waals surface area (Å²) >= 11 is 1.87. The van der Waals surface area contributed by atoms with E-state index in [2.05, 4.69) is 0 Å². The average molecular weight is 411 g/mol. The van der Waals surface area contributed by atoms with Crippen molar-refractivity contribution in [2.45, 2.75) is 31.7 Å². The van der Waals surface area contributed by atoms with E-state index in [1.165, 1.54) is 29.6 Å². The van der Waals surface area contributed by atoms with E-state index in [0.29, 0.717) is 3.57 Å². The molecule has 0 aliphatic carbocycles. The minimum absolute atomic E-state index is 0.00252. The van der Waals surface area contributed by atoms with Gasteiger partial charge in [-0.2, -0.15) is 4.31 Å². The van der Waals surface area contributed by atoms with Crippen molar-refractivity contribution in [1.29, 1.82) is 0 Å². The summed E-state index contributed by atoms with van der Waals surface area (Å²) < 4.78 is 26.8. The fourth-order valence-electron chi connectivity index (χ4n) is 1.63. The van der Waals surface area contributed by atoms with Crippen molar-refractivity contribution in [3.63, 3.8) is 0 Å². The first-order chi connectivity index (χ1) is 9.09. The number of sulfonamides is 1. The van der Waals surface area contributed by atoms with Gasteiger partial charge in [-0.05, 0) is 53.6 Å². The molecule has 0 radical (unpaired) electrons. The van der Waals surface area contributed by atoms with Crippen molar-refractivity contribution in [2.24, 2.45) is 5.92 Å². The molecule has 0 spiro atoms. The molecular formula is C13H18INO4S. The van der Waals surface area contributed by atoms with Crippen LogP contribution in [0.1, 0.15) is 31.1 Å². The van der Waals surface area contributed by atoms with Crippen LogP contribution in [-0.4, -0.2) is 36.9 Å². The van der Waals surface area contributed by atoms with Gasteiger partial charge in [0.25, 0.3) is 0 Å². The second-order valence-corrected chi connectivity index (χ2v) is 8.11. The molecular weight excluding hydrogens is 393 g/mol. The maximum atomic E-state index is 12.5. The molecule has 0 amide bonds. The normalized spacial score (nSPS) is 13.8. The van der Waals surface area contributed by atoms with Gasteiger partial charge in [-0.1, -0.05) is 13.8 Å². The molecule has 0 aliphatic heterocycles. The average Bonchev–Trinajstić information content (AvgIpc) is 2.36. The third-order valence-electron chi connectivity index (χ3n) is 3.38. The highest BCUT2D eigenvalue weighted by Crippen LogP contribution is 2.23. The molecule has 20 heavy (non-hydrogen) atoms. The van der Waals surface area contributed by atoms with Crippen LogP contribution in [0.5, 0.6) is 0 Å². The summed E-state index contributed by atoms with van der Waals surface area (Å²) in [4.78, 5) is 11.1. The van der Waals surface area contributed by atoms with Gasteiger partial charge < -0.3 is 5.11 Å². The fourth-order valence-corrected chi connectivity index (χ4v) is 3.72. The standard InChI is InChI=1S/C13H18INO4S/c1-8(2)9(3)15(4)20(18,19)10-5-6-12(14)11(7-10)13(16)17/h5-9H,1-4H3,(H,16,17). The van der Waals surface area contributed by atoms with Gasteiger partial charge >= 0.3 is 5.97 Å². The van der Waals surface area contributed by atoms with Gasteiger partial charge in [-0.3, -0.25) is 0 Å². The number of carboxylic acid groups (broad SMARTS) is 1. The molecule has 0 aromatic heterocycles. The van der Waals surface area contributed by atoms with Crippen molar-refractivity contribution < 1.29 is 18.3 Å². The van der Waals surface area contributed by atoms with Gasteiger partial charge in [0, 0.05) is 16.7 Å². The molecule has 112 valence electrons. The van der Waals surface area contributed by atoms with E-state index < -0.39 is 16.0 Å². The molecule has 1 atom stereocenters. The lowest BCUT2D eigenvalue weighted by molar-refractivity contribution is 0.0695. The number of rotatable bonds is 5. The summed E-state index contributed by atoms with van der Waals surface area (Å²) in [5.74, 6) is -0.969. The van der Waals surface area contributed by atoms with Crippen LogP contribution in [0.2, 0.25) is 0 Å². The van der Waals surface area contributed by atoms with E-state index in [9.17, 15) is 13.2 Å². The lowest BCUT2D eigenvalue weighted by Gasteiger charge is -2.27. The van der Waals surface area contributed by atoms with Crippen molar-refractivity contribution in [2.75, 3.05) is 7.05 Å². The van der Waals surface area contributed by atoms with Crippen LogP contribution in [0.4, 0.5) is 0 Å². The number of nitrogens with zero attached hydrogens (tertiary/aromatic N) is 1. The van der Waals surface area contributed by atoms with Crippen LogP contribution in [0.25, 0.3) is 0 Å². The number of carboxylic acids is 1. The minimum atomic E-state index is -3.69. The molecule has 0 bridgehead atoms. The zero-order valence-corrected chi connectivity index (χ0v) is 14.8. The molecule has 1 unspecified atom stereocenters. The Morgan fingerprint density at radius 2 is 1.85 bits per heavy atom. The molecule has 0 saturated heterocycles. The van der Waals surface area contributed by atoms with Crippen molar-refractivity contribution in [3.05, 3.63) is 27.3 Å². The Balaban J connectivity index is 3.30. The predicted molar refractivity (Wildman–Crippen MR) is 85.4 cm³/mol. The molecule has 0 aliphatic rings. The lowest BCUT2D eigenvalue weighted by atomic mass is 10.1. The highest BCUT2D eigenvalue weighted by Gasteiger charge is 2.28. The smallest absolute Gasteiger partial charge is 0.336 e. The SMILES string of the molecule is CC(C)C(C)N(C)S(=O)(=O)c1ccc(I)c(C(=O)O)c1. The van der Waals surface area contributed by atoms with Crippen LogP contribution >= 0.6 is 22.6 Å². The highest BCUT2D eigenvalue weighted by molar-refractivity contribution is 14.1. The Labute approximate surface area is 133 Å². The van der Waals surface area contributed by atoms with E-state index in [1.807, 2.05) is 43.4 Å². The first kappa shape index (κ1) is 17.4. The molecule has 0 saturated carbocycles. The van der Waals surface area contributed by atoms with Crippen LogP contribution < -0.4 is 0 Å². The molecule has 1 rings (SSSR count). The van der Waals surface area contributed by atoms with Crippen LogP contribution in [0.3, 0.4) is 0 Å². The van der Waals surface area contributed by atoms with E-state index >= 15 is 0 Å². The summed E-state index contributed by atoms with van der Waals surface area (Å²) in [7, 11) is -2.18. The third kappa shape index (κ3) is 3.50. The molecule has 0 fully saturated rings. The van der Waals surface area contributed by atoms with Gasteiger partial charge in [-0.15, -0.1) is 0 Å². The van der Waals surface area contributed by atoms with Crippen LogP contribution in [0.15, 0.2) is 23.1 Å². The first-order valence-corrected chi connectivity index (χ1v) is 8.61. The van der Waals surface area contributed by atoms with E-state index in [0.717, 1.165) is 0 Å². The van der Waals surface area contributed by atoms with Gasteiger partial charge in [0.05, 0.1) is 10.5 Å². The monoisotopic (exact) mass is 411 g/mol. The Morgan fingerprint density at radius 1 is 1.30 bits per heavy atom. The summed E-state index contributed by atoms with van der Waals surface area (Å²) in [6.07, 6.45) is 0. The summed E-state index contributed by atoms with van der Waals surface area (Å²) in [5.41, 5.74) is -0.00252. The molecule has 1 aromatic carbocycles. The second kappa shape index (κ2) is 6.40. The van der Waals surface area contributed by atoms with E-state index in [4.69, 9.17) is 5.11 Å². The van der Waals surface area contributed by atoms with Gasteiger partial charge in [0.1, 0.15) is 0 Å². The number of benzene rings is 1. The molecule has 7 heteroatoms. The highest BCUT2D eigenvalue weighted by atomic mass is 127. The quantitative estimate of drug-likeness (QED) is 0.757. The summed E-state index contributed by atoms with van der Waals surface area (Å²) in [6, 6.07) is 3.98. The van der Waals surface area contributed by atoms with Gasteiger partial charge in [-0.25, -0.2) is 13.2 Å². The Morgan fingerprint density at radius 3 is 2.30 bits per heavy atom. The maximum Gasteiger partial charge on any atom is 0.336 e. The number of carbonyl (C=O) groups is 1. The molecule has 1 aromatic rings. The van der Waals surface area contributed by atoms with Crippen LogP contribution in [-0.2, 0) is 10.0 Å². The van der Waals surface area contributed by atoms with Crippen molar-refractivity contribution in [1.82, 2.24) is 4.31 Å². The lowest BCUT2D eigenvalue weighted by Crippen LogP contribution is -2.38. The summed E-state index contributed by atoms with van der Waals surface area (Å²) in [6.45, 7) is 5.70. The predicted octanol–water partition coefficient (Wildman–Crippen LogP) is 2.65. The fraction of sp³-hybridized carbons (Fsp3) is 0.462. The number of hydrogen-bond acceptors (Lipinski definition) is 3. The third-order valence-corrected chi connectivity index (χ3v) is 6.26. The largest absolute Gasteiger partial charge is 0.478 e. The minimum Gasteiger partial charge on any atom is -0.478 e. The number of halogens is 1. The van der Waals surface area contributed by atoms with Gasteiger partial charge in [0.15, 0.2) is 0 Å². The van der Waals surface area contributed by atoms with Crippen LogP contribution in [0, 0.1) is 9.49 Å². The maximum absolute atomic E-state index is 12.5. The first-order valence-electron chi connectivity index (χ1n) is 6.10. The second-order valence-electron chi connectivity index (χ2n) is 4.95. The molecule has 5 nitrogen and oxygen atoms in total. The van der Waals surface area contributed by atoms with E-state index in [1.54, 1.807) is 0 Å². The Bertz CT molecular complexity index is 613. The topological polar surface area (TPSA) is 74.7 Å². The number of aromatic carboxylic acids is 1.